The van der Waals surface area contributed by atoms with E-state index < -0.39 is 6.10 Å². The van der Waals surface area contributed by atoms with Crippen LogP contribution in [0.1, 0.15) is 30.0 Å². The fraction of sp³-hybridized carbons (Fsp3) is 0.375. The minimum Gasteiger partial charge on any atom is -0.366 e. The maximum Gasteiger partial charge on any atom is 0.172 e. The highest BCUT2D eigenvalue weighted by molar-refractivity contribution is 9.10. The van der Waals surface area contributed by atoms with E-state index in [1.54, 1.807) is 4.68 Å². The van der Waals surface area contributed by atoms with Crippen molar-refractivity contribution in [2.24, 2.45) is 7.05 Å². The summed E-state index contributed by atoms with van der Waals surface area (Å²) in [5, 5.41) is 4.32. The Morgan fingerprint density at radius 1 is 1.38 bits per heavy atom. The molecule has 2 rings (SSSR count). The first-order valence-electron chi connectivity index (χ1n) is 6.91. The second kappa shape index (κ2) is 7.00. The number of nitrogens with zero attached hydrogens (tertiary/aromatic N) is 2. The summed E-state index contributed by atoms with van der Waals surface area (Å²) >= 11 is 3.50. The van der Waals surface area contributed by atoms with Gasteiger partial charge < -0.3 is 4.74 Å². The van der Waals surface area contributed by atoms with Crippen LogP contribution in [0.5, 0.6) is 0 Å². The monoisotopic (exact) mass is 350 g/mol. The Bertz CT molecular complexity index is 623. The third kappa shape index (κ3) is 3.60. The molecule has 1 atom stereocenters. The average Bonchev–Trinajstić information content (AvgIpc) is 2.72. The van der Waals surface area contributed by atoms with Crippen molar-refractivity contribution in [3.05, 3.63) is 51.8 Å². The van der Waals surface area contributed by atoms with Gasteiger partial charge in [-0.05, 0) is 35.3 Å². The predicted molar refractivity (Wildman–Crippen MR) is 85.2 cm³/mol. The van der Waals surface area contributed by atoms with Crippen LogP contribution in [0.2, 0.25) is 0 Å². The number of ketones is 1. The lowest BCUT2D eigenvalue weighted by molar-refractivity contribution is -0.130. The van der Waals surface area contributed by atoms with Gasteiger partial charge in [0.05, 0.1) is 22.3 Å². The zero-order chi connectivity index (χ0) is 15.4. The Hall–Kier alpha value is -1.46. The van der Waals surface area contributed by atoms with E-state index in [4.69, 9.17) is 4.74 Å². The Labute approximate surface area is 133 Å². The minimum atomic E-state index is -0.529. The van der Waals surface area contributed by atoms with Gasteiger partial charge in [-0.2, -0.15) is 5.10 Å². The molecule has 0 N–H and O–H groups in total. The number of aryl methyl sites for hydroxylation is 2. The maximum absolute atomic E-state index is 12.6. The predicted octanol–water partition coefficient (Wildman–Crippen LogP) is 3.38. The van der Waals surface area contributed by atoms with Crippen molar-refractivity contribution >= 4 is 21.7 Å². The summed E-state index contributed by atoms with van der Waals surface area (Å²) in [6.45, 7) is 4.31. The highest BCUT2D eigenvalue weighted by Crippen LogP contribution is 2.25. The number of carbonyl (C=O) groups is 1. The summed E-state index contributed by atoms with van der Waals surface area (Å²) in [5.74, 6) is 0.0340. The highest BCUT2D eigenvalue weighted by atomic mass is 79.9. The first-order chi connectivity index (χ1) is 10.0. The van der Waals surface area contributed by atoms with E-state index in [-0.39, 0.29) is 12.2 Å². The Balaban J connectivity index is 2.23. The van der Waals surface area contributed by atoms with Crippen LogP contribution in [0.25, 0.3) is 0 Å². The minimum absolute atomic E-state index is 0.0340. The summed E-state index contributed by atoms with van der Waals surface area (Å²) in [7, 11) is 1.85. The van der Waals surface area contributed by atoms with Crippen LogP contribution in [-0.4, -0.2) is 22.2 Å². The molecule has 21 heavy (non-hydrogen) atoms. The maximum atomic E-state index is 12.6. The zero-order valence-electron chi connectivity index (χ0n) is 12.5. The molecule has 1 aromatic carbocycles. The Morgan fingerprint density at radius 3 is 2.57 bits per heavy atom. The van der Waals surface area contributed by atoms with E-state index in [9.17, 15) is 4.79 Å². The van der Waals surface area contributed by atoms with Crippen molar-refractivity contribution < 1.29 is 9.53 Å². The molecular formula is C16H19BrN2O2. The quantitative estimate of drug-likeness (QED) is 0.801. The molecule has 1 aromatic heterocycles. The van der Waals surface area contributed by atoms with E-state index >= 15 is 0 Å². The van der Waals surface area contributed by atoms with Gasteiger partial charge in [0, 0.05) is 13.7 Å². The lowest BCUT2D eigenvalue weighted by Gasteiger charge is -2.16. The number of ether oxygens (including phenoxy) is 1. The molecule has 0 amide bonds. The molecule has 0 aliphatic heterocycles. The zero-order valence-corrected chi connectivity index (χ0v) is 14.1. The number of aromatic nitrogens is 2. The van der Waals surface area contributed by atoms with Crippen molar-refractivity contribution in [1.29, 1.82) is 0 Å². The summed E-state index contributed by atoms with van der Waals surface area (Å²) in [6, 6.07) is 9.60. The summed E-state index contributed by atoms with van der Waals surface area (Å²) in [6.07, 6.45) is -0.240. The van der Waals surface area contributed by atoms with Crippen molar-refractivity contribution in [3.63, 3.8) is 0 Å². The lowest BCUT2D eigenvalue weighted by Crippen LogP contribution is -2.19. The molecule has 1 unspecified atom stereocenters. The van der Waals surface area contributed by atoms with Crippen molar-refractivity contribution in [2.45, 2.75) is 26.4 Å². The van der Waals surface area contributed by atoms with Crippen LogP contribution >= 0.6 is 15.9 Å². The third-order valence-electron chi connectivity index (χ3n) is 3.33. The van der Waals surface area contributed by atoms with Gasteiger partial charge >= 0.3 is 0 Å². The number of hydrogen-bond acceptors (Lipinski definition) is 3. The van der Waals surface area contributed by atoms with E-state index in [0.717, 1.165) is 21.4 Å². The van der Waals surface area contributed by atoms with E-state index in [1.807, 2.05) is 51.2 Å². The van der Waals surface area contributed by atoms with Gasteiger partial charge in [-0.15, -0.1) is 0 Å². The molecule has 0 radical (unpaired) electrons. The smallest absolute Gasteiger partial charge is 0.172 e. The van der Waals surface area contributed by atoms with Crippen LogP contribution < -0.4 is 0 Å². The number of carbonyl (C=O) groups excluding carboxylic acids is 1. The molecule has 0 bridgehead atoms. The number of Topliss-reactive ketones (excluding diaryl/α,β-unsaturated/α-hetero) is 1. The topological polar surface area (TPSA) is 44.1 Å². The third-order valence-corrected chi connectivity index (χ3v) is 4.36. The first-order valence-corrected chi connectivity index (χ1v) is 7.71. The molecule has 0 fully saturated rings. The van der Waals surface area contributed by atoms with Gasteiger partial charge in [0.15, 0.2) is 5.78 Å². The fourth-order valence-electron chi connectivity index (χ4n) is 2.30. The van der Waals surface area contributed by atoms with Gasteiger partial charge in [-0.25, -0.2) is 0 Å². The second-order valence-electron chi connectivity index (χ2n) is 4.86. The Kier molecular flexibility index (Phi) is 5.31. The van der Waals surface area contributed by atoms with Gasteiger partial charge in [0.1, 0.15) is 6.10 Å². The normalized spacial score (nSPS) is 12.4. The molecule has 0 aliphatic rings. The van der Waals surface area contributed by atoms with E-state index in [1.165, 1.54) is 0 Å². The largest absolute Gasteiger partial charge is 0.366 e. The van der Waals surface area contributed by atoms with Crippen LogP contribution in [0, 0.1) is 6.92 Å². The summed E-state index contributed by atoms with van der Waals surface area (Å²) < 4.78 is 8.29. The van der Waals surface area contributed by atoms with Crippen LogP contribution in [0.15, 0.2) is 34.8 Å². The molecule has 4 nitrogen and oxygen atoms in total. The summed E-state index contributed by atoms with van der Waals surface area (Å²) in [4.78, 5) is 12.6. The molecule has 1 heterocycles. The van der Waals surface area contributed by atoms with Gasteiger partial charge in [-0.1, -0.05) is 30.3 Å². The molecule has 0 aliphatic carbocycles. The fourth-order valence-corrected chi connectivity index (χ4v) is 2.78. The van der Waals surface area contributed by atoms with Crippen molar-refractivity contribution in [3.8, 4) is 0 Å². The van der Waals surface area contributed by atoms with Gasteiger partial charge in [-0.3, -0.25) is 9.48 Å². The van der Waals surface area contributed by atoms with Gasteiger partial charge in [0.2, 0.25) is 0 Å². The van der Waals surface area contributed by atoms with Crippen LogP contribution in [-0.2, 0) is 23.0 Å². The van der Waals surface area contributed by atoms with E-state index in [2.05, 4.69) is 21.0 Å². The van der Waals surface area contributed by atoms with Crippen LogP contribution in [0.4, 0.5) is 0 Å². The number of rotatable bonds is 6. The van der Waals surface area contributed by atoms with E-state index in [0.29, 0.717) is 6.61 Å². The second-order valence-corrected chi connectivity index (χ2v) is 5.65. The van der Waals surface area contributed by atoms with Crippen molar-refractivity contribution in [2.75, 3.05) is 6.61 Å². The highest BCUT2D eigenvalue weighted by Gasteiger charge is 2.23. The number of benzene rings is 1. The average molecular weight is 351 g/mol. The molecule has 0 saturated heterocycles. The first kappa shape index (κ1) is 15.9. The molecule has 5 heteroatoms. The molecule has 112 valence electrons. The van der Waals surface area contributed by atoms with Crippen molar-refractivity contribution in [1.82, 2.24) is 9.78 Å². The molecule has 0 spiro atoms. The molecular weight excluding hydrogens is 332 g/mol. The summed E-state index contributed by atoms with van der Waals surface area (Å²) in [5.41, 5.74) is 2.64. The SMILES string of the molecule is CCOC(C(=O)Cc1c(Br)c(C)nn1C)c1ccccc1. The Morgan fingerprint density at radius 2 is 2.05 bits per heavy atom. The lowest BCUT2D eigenvalue weighted by atomic mass is 10.0. The van der Waals surface area contributed by atoms with Gasteiger partial charge in [0.25, 0.3) is 0 Å². The number of hydrogen-bond donors (Lipinski definition) is 0. The molecule has 0 saturated carbocycles. The molecule has 2 aromatic rings. The van der Waals surface area contributed by atoms with Crippen LogP contribution in [0.3, 0.4) is 0 Å². The standard InChI is InChI=1S/C16H19BrN2O2/c1-4-21-16(12-8-6-5-7-9-12)14(20)10-13-15(17)11(2)18-19(13)3/h5-9,16H,4,10H2,1-3H3. The number of halogens is 1.